The Balaban J connectivity index is 2.36. The van der Waals surface area contributed by atoms with Crippen LogP contribution in [0.15, 0.2) is 16.8 Å². The standard InChI is InChI=1S/C9H16N2O/c1-3-12-10-7-9-5-4-6-11(2)8-9/h5,7H,3-4,6,8H2,1-2H3/b10-7+. The van der Waals surface area contributed by atoms with Gasteiger partial charge in [-0.1, -0.05) is 11.2 Å². The van der Waals surface area contributed by atoms with Gasteiger partial charge < -0.3 is 9.74 Å². The molecule has 1 heterocycles. The maximum Gasteiger partial charge on any atom is 0.114 e. The van der Waals surface area contributed by atoms with Gasteiger partial charge >= 0.3 is 0 Å². The van der Waals surface area contributed by atoms with Crippen LogP contribution in [0.4, 0.5) is 0 Å². The van der Waals surface area contributed by atoms with Crippen molar-refractivity contribution in [3.05, 3.63) is 11.6 Å². The number of nitrogens with zero attached hydrogens (tertiary/aromatic N) is 2. The van der Waals surface area contributed by atoms with Crippen LogP contribution in [0.2, 0.25) is 0 Å². The first-order valence-electron chi connectivity index (χ1n) is 4.36. The lowest BCUT2D eigenvalue weighted by atomic mass is 10.1. The van der Waals surface area contributed by atoms with E-state index in [1.54, 1.807) is 6.21 Å². The number of rotatable bonds is 3. The van der Waals surface area contributed by atoms with E-state index >= 15 is 0 Å². The van der Waals surface area contributed by atoms with Gasteiger partial charge in [-0.25, -0.2) is 0 Å². The Labute approximate surface area is 73.7 Å². The van der Waals surface area contributed by atoms with E-state index in [1.165, 1.54) is 5.57 Å². The summed E-state index contributed by atoms with van der Waals surface area (Å²) in [6.45, 7) is 4.70. The highest BCUT2D eigenvalue weighted by Gasteiger charge is 2.05. The lowest BCUT2D eigenvalue weighted by molar-refractivity contribution is 0.160. The van der Waals surface area contributed by atoms with Gasteiger partial charge in [0.15, 0.2) is 0 Å². The van der Waals surface area contributed by atoms with Crippen LogP contribution in [-0.2, 0) is 4.84 Å². The van der Waals surface area contributed by atoms with Crippen LogP contribution < -0.4 is 0 Å². The molecular weight excluding hydrogens is 152 g/mol. The van der Waals surface area contributed by atoms with Crippen LogP contribution in [0, 0.1) is 0 Å². The van der Waals surface area contributed by atoms with Gasteiger partial charge in [-0.15, -0.1) is 0 Å². The Morgan fingerprint density at radius 1 is 1.75 bits per heavy atom. The molecule has 0 aromatic rings. The zero-order valence-corrected chi connectivity index (χ0v) is 7.79. The lowest BCUT2D eigenvalue weighted by Gasteiger charge is -2.20. The molecule has 12 heavy (non-hydrogen) atoms. The minimum atomic E-state index is 0.639. The molecule has 0 spiro atoms. The Kier molecular flexibility index (Phi) is 3.80. The minimum Gasteiger partial charge on any atom is -0.396 e. The summed E-state index contributed by atoms with van der Waals surface area (Å²) in [5.74, 6) is 0. The quantitative estimate of drug-likeness (QED) is 0.468. The van der Waals surface area contributed by atoms with Crippen molar-refractivity contribution < 1.29 is 4.84 Å². The van der Waals surface area contributed by atoms with E-state index in [0.29, 0.717) is 6.61 Å². The van der Waals surface area contributed by atoms with Gasteiger partial charge in [0.05, 0.1) is 6.21 Å². The second-order valence-corrected chi connectivity index (χ2v) is 2.96. The molecule has 3 nitrogen and oxygen atoms in total. The Hall–Kier alpha value is -0.830. The van der Waals surface area contributed by atoms with Gasteiger partial charge in [-0.2, -0.15) is 0 Å². The third kappa shape index (κ3) is 3.05. The maximum absolute atomic E-state index is 4.88. The van der Waals surface area contributed by atoms with Gasteiger partial charge in [0, 0.05) is 13.1 Å². The molecule has 0 saturated heterocycles. The summed E-state index contributed by atoms with van der Waals surface area (Å²) in [7, 11) is 2.11. The van der Waals surface area contributed by atoms with Crippen molar-refractivity contribution in [2.75, 3.05) is 26.7 Å². The average molecular weight is 168 g/mol. The Bertz CT molecular complexity index is 187. The van der Waals surface area contributed by atoms with E-state index < -0.39 is 0 Å². The highest BCUT2D eigenvalue weighted by Crippen LogP contribution is 2.04. The van der Waals surface area contributed by atoms with Crippen molar-refractivity contribution >= 4 is 6.21 Å². The molecule has 0 fully saturated rings. The third-order valence-corrected chi connectivity index (χ3v) is 1.79. The first-order valence-corrected chi connectivity index (χ1v) is 4.36. The second kappa shape index (κ2) is 4.93. The molecule has 0 atom stereocenters. The molecule has 0 amide bonds. The van der Waals surface area contributed by atoms with Gasteiger partial charge in [-0.05, 0) is 26.0 Å². The molecule has 0 unspecified atom stereocenters. The fraction of sp³-hybridized carbons (Fsp3) is 0.667. The molecular formula is C9H16N2O. The Morgan fingerprint density at radius 3 is 3.25 bits per heavy atom. The van der Waals surface area contributed by atoms with E-state index in [2.05, 4.69) is 23.2 Å². The molecule has 0 N–H and O–H groups in total. The van der Waals surface area contributed by atoms with E-state index in [0.717, 1.165) is 19.5 Å². The second-order valence-electron chi connectivity index (χ2n) is 2.96. The molecule has 0 aliphatic carbocycles. The third-order valence-electron chi connectivity index (χ3n) is 1.79. The van der Waals surface area contributed by atoms with Gasteiger partial charge in [0.25, 0.3) is 0 Å². The molecule has 0 radical (unpaired) electrons. The highest BCUT2D eigenvalue weighted by molar-refractivity contribution is 5.78. The summed E-state index contributed by atoms with van der Waals surface area (Å²) in [5.41, 5.74) is 1.25. The van der Waals surface area contributed by atoms with E-state index in [1.807, 2.05) is 6.92 Å². The fourth-order valence-corrected chi connectivity index (χ4v) is 1.20. The van der Waals surface area contributed by atoms with Crippen molar-refractivity contribution in [1.82, 2.24) is 4.90 Å². The maximum atomic E-state index is 4.88. The van der Waals surface area contributed by atoms with Crippen LogP contribution in [-0.4, -0.2) is 37.9 Å². The van der Waals surface area contributed by atoms with Gasteiger partial charge in [0.2, 0.25) is 0 Å². The fourth-order valence-electron chi connectivity index (χ4n) is 1.20. The lowest BCUT2D eigenvalue weighted by Crippen LogP contribution is -2.25. The van der Waals surface area contributed by atoms with Crippen molar-refractivity contribution in [2.45, 2.75) is 13.3 Å². The average Bonchev–Trinajstić information content (AvgIpc) is 2.05. The molecule has 0 aromatic carbocycles. The SMILES string of the molecule is CCO/N=C/C1=CCCN(C)C1. The summed E-state index contributed by atoms with van der Waals surface area (Å²) in [6.07, 6.45) is 5.13. The van der Waals surface area contributed by atoms with Crippen LogP contribution >= 0.6 is 0 Å². The van der Waals surface area contributed by atoms with E-state index in [4.69, 9.17) is 4.84 Å². The molecule has 1 rings (SSSR count). The zero-order chi connectivity index (χ0) is 8.81. The van der Waals surface area contributed by atoms with E-state index in [9.17, 15) is 0 Å². The van der Waals surface area contributed by atoms with Gasteiger partial charge in [0.1, 0.15) is 6.61 Å². The topological polar surface area (TPSA) is 24.8 Å². The number of hydrogen-bond donors (Lipinski definition) is 0. The van der Waals surface area contributed by atoms with Crippen LogP contribution in [0.3, 0.4) is 0 Å². The predicted octanol–water partition coefficient (Wildman–Crippen LogP) is 1.27. The smallest absolute Gasteiger partial charge is 0.114 e. The highest BCUT2D eigenvalue weighted by atomic mass is 16.6. The molecule has 3 heteroatoms. The van der Waals surface area contributed by atoms with Crippen molar-refractivity contribution in [1.29, 1.82) is 0 Å². The number of likely N-dealkylation sites (N-methyl/N-ethyl adjacent to an activating group) is 1. The summed E-state index contributed by atoms with van der Waals surface area (Å²) in [5, 5.41) is 3.83. The normalized spacial score (nSPS) is 19.7. The molecule has 0 aromatic heterocycles. The van der Waals surface area contributed by atoms with Crippen molar-refractivity contribution in [3.63, 3.8) is 0 Å². The summed E-state index contributed by atoms with van der Waals surface area (Å²) >= 11 is 0. The van der Waals surface area contributed by atoms with Gasteiger partial charge in [-0.3, -0.25) is 0 Å². The first-order chi connectivity index (χ1) is 5.83. The zero-order valence-electron chi connectivity index (χ0n) is 7.79. The molecule has 0 bridgehead atoms. The predicted molar refractivity (Wildman–Crippen MR) is 50.3 cm³/mol. The van der Waals surface area contributed by atoms with Crippen LogP contribution in [0.5, 0.6) is 0 Å². The summed E-state index contributed by atoms with van der Waals surface area (Å²) in [6, 6.07) is 0. The van der Waals surface area contributed by atoms with E-state index in [-0.39, 0.29) is 0 Å². The molecule has 0 saturated carbocycles. The monoisotopic (exact) mass is 168 g/mol. The minimum absolute atomic E-state index is 0.639. The van der Waals surface area contributed by atoms with Crippen molar-refractivity contribution in [3.8, 4) is 0 Å². The van der Waals surface area contributed by atoms with Crippen molar-refractivity contribution in [2.24, 2.45) is 5.16 Å². The van der Waals surface area contributed by atoms with Crippen LogP contribution in [0.1, 0.15) is 13.3 Å². The first kappa shape index (κ1) is 9.26. The summed E-state index contributed by atoms with van der Waals surface area (Å²) < 4.78 is 0. The Morgan fingerprint density at radius 2 is 2.58 bits per heavy atom. The number of hydrogen-bond acceptors (Lipinski definition) is 3. The largest absolute Gasteiger partial charge is 0.396 e. The summed E-state index contributed by atoms with van der Waals surface area (Å²) in [4.78, 5) is 7.15. The van der Waals surface area contributed by atoms with Crippen LogP contribution in [0.25, 0.3) is 0 Å². The number of oxime groups is 1. The molecule has 1 aliphatic heterocycles. The molecule has 1 aliphatic rings. The molecule has 68 valence electrons.